The minimum absolute atomic E-state index is 0.0291. The van der Waals surface area contributed by atoms with Crippen LogP contribution in [0.5, 0.6) is 0 Å². The predicted octanol–water partition coefficient (Wildman–Crippen LogP) is 3.21. The van der Waals surface area contributed by atoms with Gasteiger partial charge in [0.2, 0.25) is 0 Å². The van der Waals surface area contributed by atoms with Gasteiger partial charge >= 0.3 is 0 Å². The first-order valence-electron chi connectivity index (χ1n) is 5.87. The molecule has 3 aromatic rings. The summed E-state index contributed by atoms with van der Waals surface area (Å²) in [4.78, 5) is 1.72. The molecule has 18 heavy (non-hydrogen) atoms. The largest absolute Gasteiger partial charge is 0.172 e. The quantitative estimate of drug-likeness (QED) is 0.653. The van der Waals surface area contributed by atoms with Gasteiger partial charge in [0.25, 0.3) is 0 Å². The Hall–Kier alpha value is -2.42. The molecule has 3 nitrogen and oxygen atoms in total. The van der Waals surface area contributed by atoms with Crippen molar-refractivity contribution in [3.63, 3.8) is 0 Å². The summed E-state index contributed by atoms with van der Waals surface area (Å²) in [5.41, 5.74) is 2.94. The molecule has 0 bridgehead atoms. The van der Waals surface area contributed by atoms with Crippen LogP contribution in [0.4, 0.5) is 0 Å². The van der Waals surface area contributed by atoms with Gasteiger partial charge in [-0.05, 0) is 17.7 Å². The number of aromatic nitrogens is 3. The fourth-order valence-electron chi connectivity index (χ4n) is 2.01. The van der Waals surface area contributed by atoms with Gasteiger partial charge < -0.3 is 0 Å². The van der Waals surface area contributed by atoms with Crippen molar-refractivity contribution in [2.45, 2.75) is 6.04 Å². The minimum atomic E-state index is -0.0291. The normalized spacial score (nSPS) is 12.4. The van der Waals surface area contributed by atoms with Crippen molar-refractivity contribution in [2.75, 3.05) is 0 Å². The van der Waals surface area contributed by atoms with Crippen molar-refractivity contribution in [3.8, 4) is 0 Å². The molecule has 0 spiro atoms. The smallest absolute Gasteiger partial charge is 0.114 e. The van der Waals surface area contributed by atoms with Crippen LogP contribution in [0.15, 0.2) is 67.3 Å². The van der Waals surface area contributed by atoms with E-state index in [9.17, 15) is 0 Å². The van der Waals surface area contributed by atoms with Gasteiger partial charge in [-0.1, -0.05) is 48.5 Å². The summed E-state index contributed by atoms with van der Waals surface area (Å²) in [6.07, 6.45) is 1.86. The topological polar surface area (TPSA) is 30.7 Å². The number of hydrogen-bond acceptors (Lipinski definition) is 2. The van der Waals surface area contributed by atoms with E-state index in [4.69, 9.17) is 0 Å². The number of rotatable bonds is 3. The summed E-state index contributed by atoms with van der Waals surface area (Å²) in [6.45, 7) is 3.88. The number of nitrogens with zero attached hydrogens (tertiary/aromatic N) is 3. The highest BCUT2D eigenvalue weighted by Crippen LogP contribution is 2.19. The summed E-state index contributed by atoms with van der Waals surface area (Å²) in [5, 5.41) is 8.99. The Kier molecular flexibility index (Phi) is 2.65. The van der Waals surface area contributed by atoms with Crippen molar-refractivity contribution < 1.29 is 0 Å². The fourth-order valence-corrected chi connectivity index (χ4v) is 2.01. The van der Waals surface area contributed by atoms with Crippen molar-refractivity contribution >= 4 is 11.0 Å². The summed E-state index contributed by atoms with van der Waals surface area (Å²) in [5.74, 6) is 0. The van der Waals surface area contributed by atoms with Crippen molar-refractivity contribution in [3.05, 3.63) is 72.8 Å². The monoisotopic (exact) mass is 235 g/mol. The van der Waals surface area contributed by atoms with E-state index in [2.05, 4.69) is 28.9 Å². The number of fused-ring (bicyclic) bond motifs is 1. The molecule has 3 heteroatoms. The van der Waals surface area contributed by atoms with Crippen molar-refractivity contribution in [2.24, 2.45) is 0 Å². The molecule has 1 aromatic heterocycles. The van der Waals surface area contributed by atoms with Crippen LogP contribution in [-0.4, -0.2) is 15.0 Å². The fraction of sp³-hybridized carbons (Fsp3) is 0.0667. The Bertz CT molecular complexity index is 637. The first kappa shape index (κ1) is 10.7. The van der Waals surface area contributed by atoms with Crippen LogP contribution in [0.1, 0.15) is 11.6 Å². The van der Waals surface area contributed by atoms with Gasteiger partial charge in [-0.2, -0.15) is 15.0 Å². The molecule has 1 atom stereocenters. The van der Waals surface area contributed by atoms with Gasteiger partial charge in [-0.15, -0.1) is 6.58 Å². The summed E-state index contributed by atoms with van der Waals surface area (Å²) in [6, 6.07) is 18.0. The number of allylic oxidation sites excluding steroid dienone is 1. The highest BCUT2D eigenvalue weighted by Gasteiger charge is 2.12. The van der Waals surface area contributed by atoms with Gasteiger partial charge in [-0.25, -0.2) is 0 Å². The molecule has 0 aliphatic rings. The minimum Gasteiger partial charge on any atom is -0.172 e. The van der Waals surface area contributed by atoms with E-state index in [1.54, 1.807) is 4.80 Å². The van der Waals surface area contributed by atoms with Crippen molar-refractivity contribution in [1.29, 1.82) is 0 Å². The molecular formula is C15H13N3. The molecule has 1 heterocycles. The molecule has 0 fully saturated rings. The molecular weight excluding hydrogens is 222 g/mol. The lowest BCUT2D eigenvalue weighted by atomic mass is 10.1. The number of hydrogen-bond donors (Lipinski definition) is 0. The second-order valence-corrected chi connectivity index (χ2v) is 4.10. The highest BCUT2D eigenvalue weighted by atomic mass is 15.5. The van der Waals surface area contributed by atoms with E-state index in [0.29, 0.717) is 0 Å². The molecule has 0 amide bonds. The molecule has 0 N–H and O–H groups in total. The number of benzene rings is 2. The van der Waals surface area contributed by atoms with Crippen LogP contribution in [0.25, 0.3) is 11.0 Å². The second kappa shape index (κ2) is 4.45. The van der Waals surface area contributed by atoms with Crippen LogP contribution >= 0.6 is 0 Å². The lowest BCUT2D eigenvalue weighted by molar-refractivity contribution is 0.539. The van der Waals surface area contributed by atoms with E-state index < -0.39 is 0 Å². The molecule has 0 aliphatic heterocycles. The van der Waals surface area contributed by atoms with E-state index in [-0.39, 0.29) is 6.04 Å². The lowest BCUT2D eigenvalue weighted by Gasteiger charge is -2.11. The Labute approximate surface area is 105 Å². The van der Waals surface area contributed by atoms with Gasteiger partial charge in [0.05, 0.1) is 0 Å². The maximum absolute atomic E-state index is 4.49. The molecule has 88 valence electrons. The highest BCUT2D eigenvalue weighted by molar-refractivity contribution is 5.73. The SMILES string of the molecule is C=CC(c1ccccc1)n1nc2ccccc2n1. The standard InChI is InChI=1S/C15H13N3/c1-2-15(12-8-4-3-5-9-12)18-16-13-10-6-7-11-14(13)17-18/h2-11,15H,1H2. The molecule has 2 aromatic carbocycles. The Morgan fingerprint density at radius 2 is 1.44 bits per heavy atom. The van der Waals surface area contributed by atoms with E-state index in [1.807, 2.05) is 48.5 Å². The Morgan fingerprint density at radius 3 is 2.00 bits per heavy atom. The third-order valence-corrected chi connectivity index (χ3v) is 2.92. The van der Waals surface area contributed by atoms with Crippen LogP contribution in [-0.2, 0) is 0 Å². The summed E-state index contributed by atoms with van der Waals surface area (Å²) in [7, 11) is 0. The molecule has 0 aliphatic carbocycles. The zero-order valence-electron chi connectivity index (χ0n) is 9.90. The summed E-state index contributed by atoms with van der Waals surface area (Å²) >= 11 is 0. The molecule has 3 rings (SSSR count). The zero-order chi connectivity index (χ0) is 12.4. The van der Waals surface area contributed by atoms with Crippen LogP contribution in [0, 0.1) is 0 Å². The molecule has 0 radical (unpaired) electrons. The van der Waals surface area contributed by atoms with Crippen molar-refractivity contribution in [1.82, 2.24) is 15.0 Å². The van der Waals surface area contributed by atoms with Crippen LogP contribution in [0.2, 0.25) is 0 Å². The van der Waals surface area contributed by atoms with Gasteiger partial charge in [0, 0.05) is 0 Å². The van der Waals surface area contributed by atoms with Gasteiger partial charge in [0.1, 0.15) is 17.1 Å². The van der Waals surface area contributed by atoms with Crippen LogP contribution < -0.4 is 0 Å². The Balaban J connectivity index is 2.09. The van der Waals surface area contributed by atoms with E-state index in [0.717, 1.165) is 16.6 Å². The summed E-state index contributed by atoms with van der Waals surface area (Å²) < 4.78 is 0. The third kappa shape index (κ3) is 1.80. The lowest BCUT2D eigenvalue weighted by Crippen LogP contribution is -2.11. The zero-order valence-corrected chi connectivity index (χ0v) is 9.90. The average molecular weight is 235 g/mol. The second-order valence-electron chi connectivity index (χ2n) is 4.10. The first-order chi connectivity index (χ1) is 8.88. The maximum Gasteiger partial charge on any atom is 0.114 e. The average Bonchev–Trinajstić information content (AvgIpc) is 2.84. The maximum atomic E-state index is 4.49. The van der Waals surface area contributed by atoms with Gasteiger partial charge in [-0.3, -0.25) is 0 Å². The van der Waals surface area contributed by atoms with E-state index >= 15 is 0 Å². The predicted molar refractivity (Wildman–Crippen MR) is 72.3 cm³/mol. The Morgan fingerprint density at radius 1 is 0.889 bits per heavy atom. The third-order valence-electron chi connectivity index (χ3n) is 2.92. The van der Waals surface area contributed by atoms with Crippen LogP contribution in [0.3, 0.4) is 0 Å². The van der Waals surface area contributed by atoms with Gasteiger partial charge in [0.15, 0.2) is 0 Å². The first-order valence-corrected chi connectivity index (χ1v) is 5.87. The van der Waals surface area contributed by atoms with E-state index in [1.165, 1.54) is 0 Å². The molecule has 0 saturated carbocycles. The molecule has 0 saturated heterocycles. The molecule has 1 unspecified atom stereocenters.